The first-order valence-corrected chi connectivity index (χ1v) is 6.94. The van der Waals surface area contributed by atoms with E-state index in [0.29, 0.717) is 6.04 Å². The van der Waals surface area contributed by atoms with Crippen LogP contribution in [0.5, 0.6) is 0 Å². The number of fused-ring (bicyclic) bond motifs is 1. The van der Waals surface area contributed by atoms with E-state index >= 15 is 0 Å². The van der Waals surface area contributed by atoms with Gasteiger partial charge in [0.05, 0.1) is 0 Å². The van der Waals surface area contributed by atoms with Gasteiger partial charge in [0, 0.05) is 30.4 Å². The minimum Gasteiger partial charge on any atom is -0.306 e. The second kappa shape index (κ2) is 5.85. The molecule has 2 aromatic carbocycles. The maximum Gasteiger partial charge on any atom is 0.0346 e. The van der Waals surface area contributed by atoms with E-state index in [9.17, 15) is 0 Å². The Morgan fingerprint density at radius 1 is 1.00 bits per heavy atom. The number of aromatic nitrogens is 1. The van der Waals surface area contributed by atoms with Crippen molar-refractivity contribution >= 4 is 10.8 Å². The average molecular weight is 262 g/mol. The largest absolute Gasteiger partial charge is 0.306 e. The third-order valence-corrected chi connectivity index (χ3v) is 3.67. The Morgan fingerprint density at radius 2 is 1.85 bits per heavy atom. The zero-order valence-corrected chi connectivity index (χ0v) is 11.6. The molecule has 0 amide bonds. The Balaban J connectivity index is 1.77. The van der Waals surface area contributed by atoms with Crippen LogP contribution in [0.4, 0.5) is 0 Å². The molecule has 2 heteroatoms. The molecule has 0 fully saturated rings. The highest BCUT2D eigenvalue weighted by molar-refractivity contribution is 5.84. The molecule has 0 radical (unpaired) electrons. The van der Waals surface area contributed by atoms with E-state index in [2.05, 4.69) is 65.8 Å². The van der Waals surface area contributed by atoms with Crippen LogP contribution in [-0.2, 0) is 6.54 Å². The van der Waals surface area contributed by atoms with Crippen molar-refractivity contribution in [2.24, 2.45) is 0 Å². The zero-order valence-electron chi connectivity index (χ0n) is 11.6. The number of nitrogens with one attached hydrogen (secondary N) is 1. The van der Waals surface area contributed by atoms with Crippen LogP contribution in [0, 0.1) is 0 Å². The molecule has 1 atom stereocenters. The summed E-state index contributed by atoms with van der Waals surface area (Å²) in [4.78, 5) is 4.18. The van der Waals surface area contributed by atoms with Gasteiger partial charge in [0.15, 0.2) is 0 Å². The number of rotatable bonds is 4. The highest BCUT2D eigenvalue weighted by Gasteiger charge is 2.05. The van der Waals surface area contributed by atoms with Gasteiger partial charge in [-0.1, -0.05) is 48.5 Å². The molecule has 1 heterocycles. The van der Waals surface area contributed by atoms with Crippen molar-refractivity contribution < 1.29 is 0 Å². The highest BCUT2D eigenvalue weighted by Crippen LogP contribution is 2.19. The fourth-order valence-electron chi connectivity index (χ4n) is 2.47. The fraction of sp³-hybridized carbons (Fsp3) is 0.167. The Bertz CT molecular complexity index is 687. The number of hydrogen-bond acceptors (Lipinski definition) is 2. The predicted molar refractivity (Wildman–Crippen MR) is 83.4 cm³/mol. The van der Waals surface area contributed by atoms with E-state index in [1.165, 1.54) is 21.9 Å². The summed E-state index contributed by atoms with van der Waals surface area (Å²) in [6.45, 7) is 3.05. The molecule has 1 N–H and O–H groups in total. The topological polar surface area (TPSA) is 24.9 Å². The third-order valence-electron chi connectivity index (χ3n) is 3.67. The van der Waals surface area contributed by atoms with Gasteiger partial charge >= 0.3 is 0 Å². The zero-order chi connectivity index (χ0) is 13.8. The average Bonchev–Trinajstić information content (AvgIpc) is 2.53. The SMILES string of the molecule is C[C@H](NCc1cccc2cnccc12)c1ccccc1. The molecule has 0 spiro atoms. The number of hydrogen-bond donors (Lipinski definition) is 1. The maximum absolute atomic E-state index is 4.18. The molecule has 0 unspecified atom stereocenters. The number of nitrogens with zero attached hydrogens (tertiary/aromatic N) is 1. The molecule has 1 aromatic heterocycles. The van der Waals surface area contributed by atoms with Crippen molar-refractivity contribution in [2.45, 2.75) is 19.5 Å². The Hall–Kier alpha value is -2.19. The second-order valence-electron chi connectivity index (χ2n) is 5.03. The van der Waals surface area contributed by atoms with Gasteiger partial charge in [-0.2, -0.15) is 0 Å². The Kier molecular flexibility index (Phi) is 3.75. The summed E-state index contributed by atoms with van der Waals surface area (Å²) in [5.74, 6) is 0. The predicted octanol–water partition coefficient (Wildman–Crippen LogP) is 4.09. The van der Waals surface area contributed by atoms with Gasteiger partial charge in [-0.15, -0.1) is 0 Å². The van der Waals surface area contributed by atoms with Gasteiger partial charge in [0.25, 0.3) is 0 Å². The Morgan fingerprint density at radius 3 is 2.70 bits per heavy atom. The molecule has 100 valence electrons. The van der Waals surface area contributed by atoms with Crippen molar-refractivity contribution in [2.75, 3.05) is 0 Å². The standard InChI is InChI=1S/C18H18N2/c1-14(15-6-3-2-4-7-15)20-13-17-9-5-8-16-12-19-11-10-18(16)17/h2-12,14,20H,13H2,1H3/t14-/m0/s1. The van der Waals surface area contributed by atoms with E-state index in [1.54, 1.807) is 0 Å². The summed E-state index contributed by atoms with van der Waals surface area (Å²) in [5, 5.41) is 6.05. The molecular formula is C18H18N2. The summed E-state index contributed by atoms with van der Waals surface area (Å²) in [7, 11) is 0. The molecule has 0 bridgehead atoms. The first-order valence-electron chi connectivity index (χ1n) is 6.94. The van der Waals surface area contributed by atoms with E-state index in [0.717, 1.165) is 6.54 Å². The monoisotopic (exact) mass is 262 g/mol. The Labute approximate surface area is 119 Å². The van der Waals surface area contributed by atoms with Crippen LogP contribution in [0.15, 0.2) is 67.0 Å². The minimum atomic E-state index is 0.341. The van der Waals surface area contributed by atoms with Crippen LogP contribution >= 0.6 is 0 Å². The van der Waals surface area contributed by atoms with E-state index in [4.69, 9.17) is 0 Å². The summed E-state index contributed by atoms with van der Waals surface area (Å²) in [6, 6.07) is 19.3. The number of benzene rings is 2. The molecule has 3 rings (SSSR count). The van der Waals surface area contributed by atoms with Crippen molar-refractivity contribution in [1.82, 2.24) is 10.3 Å². The molecule has 0 saturated carbocycles. The van der Waals surface area contributed by atoms with Gasteiger partial charge in [-0.05, 0) is 29.5 Å². The minimum absolute atomic E-state index is 0.341. The van der Waals surface area contributed by atoms with Gasteiger partial charge in [0.2, 0.25) is 0 Å². The van der Waals surface area contributed by atoms with Crippen molar-refractivity contribution in [3.8, 4) is 0 Å². The van der Waals surface area contributed by atoms with Crippen molar-refractivity contribution in [3.05, 3.63) is 78.1 Å². The molecule has 20 heavy (non-hydrogen) atoms. The summed E-state index contributed by atoms with van der Waals surface area (Å²) in [5.41, 5.74) is 2.63. The first-order chi connectivity index (χ1) is 9.84. The van der Waals surface area contributed by atoms with Crippen LogP contribution in [-0.4, -0.2) is 4.98 Å². The van der Waals surface area contributed by atoms with Gasteiger partial charge < -0.3 is 5.32 Å². The third kappa shape index (κ3) is 2.70. The summed E-state index contributed by atoms with van der Waals surface area (Å²) in [6.07, 6.45) is 3.77. The lowest BCUT2D eigenvalue weighted by Gasteiger charge is -2.15. The van der Waals surface area contributed by atoms with Crippen LogP contribution < -0.4 is 5.32 Å². The van der Waals surface area contributed by atoms with Crippen LogP contribution in [0.2, 0.25) is 0 Å². The molecular weight excluding hydrogens is 244 g/mol. The highest BCUT2D eigenvalue weighted by atomic mass is 14.9. The van der Waals surface area contributed by atoms with Gasteiger partial charge in [-0.3, -0.25) is 4.98 Å². The summed E-state index contributed by atoms with van der Waals surface area (Å²) < 4.78 is 0. The van der Waals surface area contributed by atoms with Gasteiger partial charge in [0.1, 0.15) is 0 Å². The molecule has 0 saturated heterocycles. The second-order valence-corrected chi connectivity index (χ2v) is 5.03. The van der Waals surface area contributed by atoms with Crippen molar-refractivity contribution in [1.29, 1.82) is 0 Å². The van der Waals surface area contributed by atoms with E-state index < -0.39 is 0 Å². The summed E-state index contributed by atoms with van der Waals surface area (Å²) >= 11 is 0. The van der Waals surface area contributed by atoms with Crippen molar-refractivity contribution in [3.63, 3.8) is 0 Å². The smallest absolute Gasteiger partial charge is 0.0346 e. The van der Waals surface area contributed by atoms with Crippen LogP contribution in [0.1, 0.15) is 24.1 Å². The van der Waals surface area contributed by atoms with Crippen LogP contribution in [0.25, 0.3) is 10.8 Å². The molecule has 0 aliphatic rings. The van der Waals surface area contributed by atoms with E-state index in [1.807, 2.05) is 18.5 Å². The number of pyridine rings is 1. The lowest BCUT2D eigenvalue weighted by atomic mass is 10.1. The lowest BCUT2D eigenvalue weighted by Crippen LogP contribution is -2.18. The fourth-order valence-corrected chi connectivity index (χ4v) is 2.47. The van der Waals surface area contributed by atoms with E-state index in [-0.39, 0.29) is 0 Å². The lowest BCUT2D eigenvalue weighted by molar-refractivity contribution is 0.576. The first kappa shape index (κ1) is 12.8. The molecule has 0 aliphatic heterocycles. The molecule has 2 nitrogen and oxygen atoms in total. The van der Waals surface area contributed by atoms with Gasteiger partial charge in [-0.25, -0.2) is 0 Å². The maximum atomic E-state index is 4.18. The quantitative estimate of drug-likeness (QED) is 0.766. The van der Waals surface area contributed by atoms with Crippen LogP contribution in [0.3, 0.4) is 0 Å². The molecule has 0 aliphatic carbocycles. The molecule has 3 aromatic rings. The normalized spacial score (nSPS) is 12.4.